The summed E-state index contributed by atoms with van der Waals surface area (Å²) in [6, 6.07) is 12.5. The first kappa shape index (κ1) is 27.1. The summed E-state index contributed by atoms with van der Waals surface area (Å²) < 4.78 is 0. The maximum Gasteiger partial charge on any atom is 0.303 e. The number of fused-ring (bicyclic) bond motifs is 1. The Hall–Kier alpha value is -3.10. The van der Waals surface area contributed by atoms with E-state index in [2.05, 4.69) is 46.1 Å². The van der Waals surface area contributed by atoms with E-state index in [1.54, 1.807) is 0 Å². The molecule has 1 aliphatic heterocycles. The van der Waals surface area contributed by atoms with Gasteiger partial charge in [-0.1, -0.05) is 47.1 Å². The van der Waals surface area contributed by atoms with E-state index in [-0.39, 0.29) is 12.8 Å². The average molecular weight is 490 g/mol. The Kier molecular flexibility index (Phi) is 11.4. The van der Waals surface area contributed by atoms with Crippen molar-refractivity contribution in [1.29, 1.82) is 0 Å². The Balaban J connectivity index is 0.000000440. The number of nitrogens with one attached hydrogen (secondary N) is 2. The molecule has 1 aliphatic rings. The fourth-order valence-electron chi connectivity index (χ4n) is 3.42. The zero-order valence-electron chi connectivity index (χ0n) is 19.6. The first-order valence-electron chi connectivity index (χ1n) is 11.3. The number of rotatable bonds is 9. The number of nitrogens with zero attached hydrogens (tertiary/aromatic N) is 1. The van der Waals surface area contributed by atoms with Crippen molar-refractivity contribution in [3.05, 3.63) is 63.7 Å². The van der Waals surface area contributed by atoms with E-state index in [9.17, 15) is 9.59 Å². The van der Waals surface area contributed by atoms with Crippen molar-refractivity contribution in [3.8, 4) is 0 Å². The Morgan fingerprint density at radius 2 is 1.71 bits per heavy atom. The molecule has 0 bridgehead atoms. The van der Waals surface area contributed by atoms with Crippen LogP contribution in [0.5, 0.6) is 0 Å². The predicted molar refractivity (Wildman–Crippen MR) is 134 cm³/mol. The molecule has 0 radical (unpaired) electrons. The minimum absolute atomic E-state index is 0.296. The number of benzene rings is 2. The number of anilines is 1. The fourth-order valence-corrected chi connectivity index (χ4v) is 3.66. The smallest absolute Gasteiger partial charge is 0.303 e. The minimum Gasteiger partial charge on any atom is -0.481 e. The van der Waals surface area contributed by atoms with Gasteiger partial charge in [0.25, 0.3) is 0 Å². The van der Waals surface area contributed by atoms with Gasteiger partial charge < -0.3 is 25.7 Å². The normalized spacial score (nSPS) is 13.1. The van der Waals surface area contributed by atoms with E-state index in [1.807, 2.05) is 19.9 Å². The molecule has 34 heavy (non-hydrogen) atoms. The molecule has 184 valence electrons. The van der Waals surface area contributed by atoms with Gasteiger partial charge in [0.15, 0.2) is 0 Å². The summed E-state index contributed by atoms with van der Waals surface area (Å²) in [6.07, 6.45) is 1.46. The van der Waals surface area contributed by atoms with Gasteiger partial charge in [-0.25, -0.2) is 0 Å². The lowest BCUT2D eigenvalue weighted by Gasteiger charge is -2.16. The summed E-state index contributed by atoms with van der Waals surface area (Å²) in [5.41, 5.74) is 6.97. The third-order valence-corrected chi connectivity index (χ3v) is 5.52. The van der Waals surface area contributed by atoms with Gasteiger partial charge in [0, 0.05) is 6.54 Å². The van der Waals surface area contributed by atoms with Crippen LogP contribution in [0.1, 0.15) is 48.9 Å². The standard InChI is InChI=1S/C21H26ClN3O.C4H6O4/c1-3-26-25-15(2)17-6-4-16(5-7-17)14-24-21-19-11-13-23-12-10-18(19)8-9-20(21)22;5-3(6)1-2-4(7)8/h4-9,23-24H,3,10-14H2,1-2H3;1-2H2,(H,5,6)(H,7,8)/b25-15-;. The number of aliphatic carboxylic acids is 2. The number of hydrogen-bond acceptors (Lipinski definition) is 6. The molecule has 2 aromatic carbocycles. The van der Waals surface area contributed by atoms with Gasteiger partial charge in [-0.15, -0.1) is 0 Å². The molecule has 0 unspecified atom stereocenters. The summed E-state index contributed by atoms with van der Waals surface area (Å²) in [7, 11) is 0. The molecule has 0 fully saturated rings. The summed E-state index contributed by atoms with van der Waals surface area (Å²) in [4.78, 5) is 24.4. The highest BCUT2D eigenvalue weighted by Gasteiger charge is 2.14. The van der Waals surface area contributed by atoms with Gasteiger partial charge in [0.05, 0.1) is 29.3 Å². The van der Waals surface area contributed by atoms with Gasteiger partial charge in [0.2, 0.25) is 0 Å². The SMILES string of the molecule is CCO/N=C(/C)c1ccc(CNc2c(Cl)ccc3c2CCNCC3)cc1.O=C(O)CCC(=O)O. The summed E-state index contributed by atoms with van der Waals surface area (Å²) in [5, 5.41) is 27.7. The van der Waals surface area contributed by atoms with Crippen LogP contribution in [0.25, 0.3) is 0 Å². The topological polar surface area (TPSA) is 120 Å². The highest BCUT2D eigenvalue weighted by molar-refractivity contribution is 6.33. The van der Waals surface area contributed by atoms with Crippen LogP contribution in [0.3, 0.4) is 0 Å². The number of hydrogen-bond donors (Lipinski definition) is 4. The molecule has 4 N–H and O–H groups in total. The number of carbonyl (C=O) groups is 2. The molecule has 0 aromatic heterocycles. The summed E-state index contributed by atoms with van der Waals surface area (Å²) in [5.74, 6) is -2.15. The quantitative estimate of drug-likeness (QED) is 0.305. The van der Waals surface area contributed by atoms with Gasteiger partial charge in [-0.05, 0) is 68.1 Å². The fraction of sp³-hybridized carbons (Fsp3) is 0.400. The second kappa shape index (κ2) is 14.2. The van der Waals surface area contributed by atoms with Gasteiger partial charge in [-0.3, -0.25) is 9.59 Å². The van der Waals surface area contributed by atoms with E-state index in [4.69, 9.17) is 26.7 Å². The van der Waals surface area contributed by atoms with E-state index < -0.39 is 11.9 Å². The Morgan fingerprint density at radius 3 is 2.32 bits per heavy atom. The zero-order chi connectivity index (χ0) is 24.9. The van der Waals surface area contributed by atoms with Crippen molar-refractivity contribution in [2.75, 3.05) is 25.0 Å². The van der Waals surface area contributed by atoms with Crippen LogP contribution in [0.4, 0.5) is 5.69 Å². The molecule has 3 rings (SSSR count). The molecule has 2 aromatic rings. The molecule has 0 atom stereocenters. The first-order chi connectivity index (χ1) is 16.3. The molecule has 9 heteroatoms. The molecule has 0 amide bonds. The number of oxime groups is 1. The van der Waals surface area contributed by atoms with Crippen LogP contribution in [-0.4, -0.2) is 47.6 Å². The van der Waals surface area contributed by atoms with Crippen LogP contribution in [-0.2, 0) is 33.8 Å². The lowest BCUT2D eigenvalue weighted by molar-refractivity contribution is -0.143. The first-order valence-corrected chi connectivity index (χ1v) is 11.6. The van der Waals surface area contributed by atoms with Crippen molar-refractivity contribution in [2.45, 2.75) is 46.1 Å². The lowest BCUT2D eigenvalue weighted by atomic mass is 10.0. The Labute approximate surface area is 205 Å². The van der Waals surface area contributed by atoms with Crippen LogP contribution in [0.2, 0.25) is 5.02 Å². The number of carboxylic acid groups (broad SMARTS) is 2. The molecule has 0 spiro atoms. The zero-order valence-corrected chi connectivity index (χ0v) is 20.3. The third kappa shape index (κ3) is 9.03. The minimum atomic E-state index is -1.08. The molecule has 0 saturated heterocycles. The van der Waals surface area contributed by atoms with Crippen molar-refractivity contribution in [1.82, 2.24) is 5.32 Å². The molecule has 0 saturated carbocycles. The summed E-state index contributed by atoms with van der Waals surface area (Å²) >= 11 is 6.48. The largest absolute Gasteiger partial charge is 0.481 e. The highest BCUT2D eigenvalue weighted by atomic mass is 35.5. The van der Waals surface area contributed by atoms with E-state index >= 15 is 0 Å². The number of halogens is 1. The predicted octanol–water partition coefficient (Wildman–Crippen LogP) is 4.34. The van der Waals surface area contributed by atoms with Crippen LogP contribution >= 0.6 is 11.6 Å². The molecular weight excluding hydrogens is 458 g/mol. The second-order valence-corrected chi connectivity index (χ2v) is 8.15. The maximum absolute atomic E-state index is 9.64. The highest BCUT2D eigenvalue weighted by Crippen LogP contribution is 2.31. The Bertz CT molecular complexity index is 979. The average Bonchev–Trinajstić information content (AvgIpc) is 3.07. The van der Waals surface area contributed by atoms with E-state index in [0.29, 0.717) is 6.61 Å². The van der Waals surface area contributed by atoms with Crippen molar-refractivity contribution >= 4 is 34.9 Å². The summed E-state index contributed by atoms with van der Waals surface area (Å²) in [6.45, 7) is 7.23. The molecule has 0 aliphatic carbocycles. The van der Waals surface area contributed by atoms with Gasteiger partial charge in [0.1, 0.15) is 6.61 Å². The molecule has 1 heterocycles. The van der Waals surface area contributed by atoms with Crippen molar-refractivity contribution in [3.63, 3.8) is 0 Å². The van der Waals surface area contributed by atoms with E-state index in [1.165, 1.54) is 16.7 Å². The lowest BCUT2D eigenvalue weighted by Crippen LogP contribution is -2.16. The van der Waals surface area contributed by atoms with E-state index in [0.717, 1.165) is 54.5 Å². The van der Waals surface area contributed by atoms with Crippen LogP contribution in [0.15, 0.2) is 41.6 Å². The van der Waals surface area contributed by atoms with Gasteiger partial charge in [-0.2, -0.15) is 0 Å². The van der Waals surface area contributed by atoms with Crippen LogP contribution < -0.4 is 10.6 Å². The van der Waals surface area contributed by atoms with Gasteiger partial charge >= 0.3 is 11.9 Å². The third-order valence-electron chi connectivity index (χ3n) is 5.21. The molecule has 8 nitrogen and oxygen atoms in total. The Morgan fingerprint density at radius 1 is 1.06 bits per heavy atom. The van der Waals surface area contributed by atoms with Crippen molar-refractivity contribution < 1.29 is 24.6 Å². The molecular formula is C25H32ClN3O5. The van der Waals surface area contributed by atoms with Crippen LogP contribution in [0, 0.1) is 0 Å². The monoisotopic (exact) mass is 489 g/mol. The van der Waals surface area contributed by atoms with Crippen molar-refractivity contribution in [2.24, 2.45) is 5.16 Å². The second-order valence-electron chi connectivity index (χ2n) is 7.74. The number of carboxylic acids is 2. The maximum atomic E-state index is 9.64.